The Morgan fingerprint density at radius 2 is 1.61 bits per heavy atom. The molecule has 0 saturated heterocycles. The van der Waals surface area contributed by atoms with Crippen molar-refractivity contribution in [2.24, 2.45) is 11.3 Å². The van der Waals surface area contributed by atoms with Gasteiger partial charge in [-0.3, -0.25) is 4.79 Å². The standard InChI is InChI=1S/C22H41N3O3.C3H8/c1-12-28-21(27)15(4)13-18(14(2)3)25(11)17(6)19(22(7,8)9)24-20(26)16(5)23-10;1-3-2/h13-14,16,18-19,23H,6,12H2,1-5,7-11H3,(H,24,26);3H2,1-2H3/b15-13+;. The molecule has 2 N–H and O–H groups in total. The van der Waals surface area contributed by atoms with Gasteiger partial charge < -0.3 is 20.3 Å². The van der Waals surface area contributed by atoms with E-state index in [1.807, 2.05) is 24.9 Å². The number of carbonyl (C=O) groups excluding carboxylic acids is 2. The van der Waals surface area contributed by atoms with E-state index in [1.54, 1.807) is 20.9 Å². The third-order valence-electron chi connectivity index (χ3n) is 4.91. The molecular formula is C25H49N3O3. The van der Waals surface area contributed by atoms with Crippen molar-refractivity contribution in [3.63, 3.8) is 0 Å². The van der Waals surface area contributed by atoms with E-state index in [0.717, 1.165) is 5.70 Å². The fourth-order valence-electron chi connectivity index (χ4n) is 2.91. The van der Waals surface area contributed by atoms with E-state index in [1.165, 1.54) is 6.42 Å². The molecule has 0 spiro atoms. The van der Waals surface area contributed by atoms with Crippen LogP contribution in [0.3, 0.4) is 0 Å². The molecule has 0 aromatic rings. The third-order valence-corrected chi connectivity index (χ3v) is 4.91. The van der Waals surface area contributed by atoms with E-state index in [2.05, 4.69) is 65.7 Å². The van der Waals surface area contributed by atoms with Gasteiger partial charge in [0.05, 0.1) is 18.7 Å². The Bertz CT molecular complexity index is 591. The van der Waals surface area contributed by atoms with Crippen molar-refractivity contribution in [2.45, 2.75) is 93.8 Å². The maximum atomic E-state index is 12.5. The molecule has 0 heterocycles. The average molecular weight is 440 g/mol. The number of nitrogens with zero attached hydrogens (tertiary/aromatic N) is 1. The van der Waals surface area contributed by atoms with Crippen LogP contribution in [0.1, 0.15) is 75.7 Å². The van der Waals surface area contributed by atoms with Crippen LogP contribution in [0.2, 0.25) is 0 Å². The summed E-state index contributed by atoms with van der Waals surface area (Å²) in [6, 6.07) is -0.603. The van der Waals surface area contributed by atoms with E-state index in [-0.39, 0.29) is 41.3 Å². The van der Waals surface area contributed by atoms with Gasteiger partial charge in [0.25, 0.3) is 0 Å². The first kappa shape index (κ1) is 31.4. The van der Waals surface area contributed by atoms with E-state index < -0.39 is 0 Å². The van der Waals surface area contributed by atoms with Gasteiger partial charge in [0.2, 0.25) is 5.91 Å². The van der Waals surface area contributed by atoms with E-state index >= 15 is 0 Å². The second kappa shape index (κ2) is 15.1. The van der Waals surface area contributed by atoms with Gasteiger partial charge in [0.15, 0.2) is 0 Å². The minimum atomic E-state index is -0.310. The molecule has 0 rings (SSSR count). The van der Waals surface area contributed by atoms with Gasteiger partial charge in [0, 0.05) is 24.4 Å². The molecule has 0 aliphatic carbocycles. The van der Waals surface area contributed by atoms with Crippen LogP contribution in [0.25, 0.3) is 0 Å². The van der Waals surface area contributed by atoms with Crippen molar-refractivity contribution in [3.8, 4) is 0 Å². The van der Waals surface area contributed by atoms with Crippen molar-refractivity contribution in [1.29, 1.82) is 0 Å². The lowest BCUT2D eigenvalue weighted by molar-refractivity contribution is -0.138. The van der Waals surface area contributed by atoms with Crippen LogP contribution in [-0.4, -0.2) is 55.6 Å². The van der Waals surface area contributed by atoms with Gasteiger partial charge in [-0.05, 0) is 39.2 Å². The van der Waals surface area contributed by atoms with Crippen LogP contribution in [0.4, 0.5) is 0 Å². The fraction of sp³-hybridized carbons (Fsp3) is 0.760. The highest BCUT2D eigenvalue weighted by Gasteiger charge is 2.33. The van der Waals surface area contributed by atoms with E-state index in [0.29, 0.717) is 12.2 Å². The Balaban J connectivity index is 0. The molecule has 0 bridgehead atoms. The molecule has 0 radical (unpaired) electrons. The molecule has 0 aliphatic heterocycles. The molecule has 0 saturated carbocycles. The van der Waals surface area contributed by atoms with Gasteiger partial charge in [0.1, 0.15) is 0 Å². The second-order valence-corrected chi connectivity index (χ2v) is 9.43. The summed E-state index contributed by atoms with van der Waals surface area (Å²) in [7, 11) is 3.71. The van der Waals surface area contributed by atoms with E-state index in [4.69, 9.17) is 4.74 Å². The Morgan fingerprint density at radius 1 is 1.13 bits per heavy atom. The van der Waals surface area contributed by atoms with Crippen LogP contribution in [0, 0.1) is 11.3 Å². The second-order valence-electron chi connectivity index (χ2n) is 9.43. The molecule has 3 atom stereocenters. The number of hydrogen-bond donors (Lipinski definition) is 2. The summed E-state index contributed by atoms with van der Waals surface area (Å²) in [5.74, 6) is -0.148. The number of nitrogens with one attached hydrogen (secondary N) is 2. The van der Waals surface area contributed by atoms with Gasteiger partial charge in [-0.1, -0.05) is 67.5 Å². The highest BCUT2D eigenvalue weighted by atomic mass is 16.5. The fourth-order valence-corrected chi connectivity index (χ4v) is 2.91. The zero-order valence-electron chi connectivity index (χ0n) is 22.2. The number of amides is 1. The van der Waals surface area contributed by atoms with Crippen LogP contribution in [-0.2, 0) is 14.3 Å². The predicted molar refractivity (Wildman–Crippen MR) is 132 cm³/mol. The number of likely N-dealkylation sites (N-methyl/N-ethyl adjacent to an activating group) is 2. The summed E-state index contributed by atoms with van der Waals surface area (Å²) in [6.07, 6.45) is 3.17. The monoisotopic (exact) mass is 439 g/mol. The third kappa shape index (κ3) is 11.4. The number of ether oxygens (including phenoxy) is 1. The normalized spacial score (nSPS) is 14.7. The summed E-state index contributed by atoms with van der Waals surface area (Å²) < 4.78 is 5.11. The summed E-state index contributed by atoms with van der Waals surface area (Å²) >= 11 is 0. The highest BCUT2D eigenvalue weighted by Crippen LogP contribution is 2.28. The largest absolute Gasteiger partial charge is 0.463 e. The first-order valence-electron chi connectivity index (χ1n) is 11.4. The molecule has 0 aliphatic rings. The van der Waals surface area contributed by atoms with Gasteiger partial charge in [-0.15, -0.1) is 0 Å². The molecule has 0 aromatic carbocycles. The van der Waals surface area contributed by atoms with Crippen molar-refractivity contribution in [3.05, 3.63) is 23.9 Å². The maximum Gasteiger partial charge on any atom is 0.333 e. The molecule has 3 unspecified atom stereocenters. The van der Waals surface area contributed by atoms with Gasteiger partial charge in [-0.2, -0.15) is 0 Å². The van der Waals surface area contributed by atoms with Crippen molar-refractivity contribution >= 4 is 11.9 Å². The summed E-state index contributed by atoms with van der Waals surface area (Å²) in [4.78, 5) is 26.6. The van der Waals surface area contributed by atoms with Crippen molar-refractivity contribution < 1.29 is 14.3 Å². The Hall–Kier alpha value is -1.82. The SMILES string of the molecule is C=C(C(NC(=O)C(C)NC)C(C)(C)C)N(C)C(/C=C(\C)C(=O)OCC)C(C)C.CCC. The lowest BCUT2D eigenvalue weighted by Gasteiger charge is -2.41. The van der Waals surface area contributed by atoms with Crippen LogP contribution in [0.5, 0.6) is 0 Å². The summed E-state index contributed by atoms with van der Waals surface area (Å²) in [5, 5.41) is 6.09. The maximum absolute atomic E-state index is 12.5. The predicted octanol–water partition coefficient (Wildman–Crippen LogP) is 4.52. The van der Waals surface area contributed by atoms with Gasteiger partial charge in [-0.25, -0.2) is 4.79 Å². The molecule has 1 amide bonds. The number of esters is 1. The molecule has 6 heteroatoms. The Kier molecular flexibility index (Phi) is 15.2. The number of carbonyl (C=O) groups is 2. The topological polar surface area (TPSA) is 70.7 Å². The molecular weight excluding hydrogens is 390 g/mol. The average Bonchev–Trinajstić information content (AvgIpc) is 2.67. The lowest BCUT2D eigenvalue weighted by Crippen LogP contribution is -2.53. The summed E-state index contributed by atoms with van der Waals surface area (Å²) in [5.41, 5.74) is 1.15. The molecule has 182 valence electrons. The minimum absolute atomic E-state index is 0.0552. The molecule has 0 aromatic heterocycles. The van der Waals surface area contributed by atoms with Crippen LogP contribution >= 0.6 is 0 Å². The van der Waals surface area contributed by atoms with Crippen LogP contribution < -0.4 is 10.6 Å². The Labute approximate surface area is 191 Å². The van der Waals surface area contributed by atoms with Crippen molar-refractivity contribution in [2.75, 3.05) is 20.7 Å². The lowest BCUT2D eigenvalue weighted by atomic mass is 9.83. The molecule has 0 fully saturated rings. The molecule has 6 nitrogen and oxygen atoms in total. The zero-order valence-corrected chi connectivity index (χ0v) is 22.2. The summed E-state index contributed by atoms with van der Waals surface area (Å²) in [6.45, 7) is 24.7. The first-order chi connectivity index (χ1) is 14.2. The Morgan fingerprint density at radius 3 is 1.97 bits per heavy atom. The minimum Gasteiger partial charge on any atom is -0.463 e. The number of rotatable bonds is 10. The molecule has 31 heavy (non-hydrogen) atoms. The van der Waals surface area contributed by atoms with Crippen molar-refractivity contribution in [1.82, 2.24) is 15.5 Å². The smallest absolute Gasteiger partial charge is 0.333 e. The zero-order chi connectivity index (χ0) is 24.9. The quantitative estimate of drug-likeness (QED) is 0.387. The highest BCUT2D eigenvalue weighted by molar-refractivity contribution is 5.87. The van der Waals surface area contributed by atoms with E-state index in [9.17, 15) is 9.59 Å². The first-order valence-corrected chi connectivity index (χ1v) is 11.4. The van der Waals surface area contributed by atoms with Crippen LogP contribution in [0.15, 0.2) is 23.9 Å². The van der Waals surface area contributed by atoms with Gasteiger partial charge >= 0.3 is 5.97 Å². The number of hydrogen-bond acceptors (Lipinski definition) is 5.